The van der Waals surface area contributed by atoms with E-state index < -0.39 is 0 Å². The fourth-order valence-electron chi connectivity index (χ4n) is 2.25. The highest BCUT2D eigenvalue weighted by Crippen LogP contribution is 2.02. The zero-order valence-electron chi connectivity index (χ0n) is 11.0. The molecule has 6 nitrogen and oxygen atoms in total. The van der Waals surface area contributed by atoms with Gasteiger partial charge in [0, 0.05) is 32.7 Å². The van der Waals surface area contributed by atoms with Crippen molar-refractivity contribution >= 4 is 5.91 Å². The maximum absolute atomic E-state index is 12.0. The molecule has 0 aromatic heterocycles. The van der Waals surface area contributed by atoms with Crippen LogP contribution in [0.3, 0.4) is 0 Å². The van der Waals surface area contributed by atoms with Crippen LogP contribution in [0.5, 0.6) is 0 Å². The molecule has 2 N–H and O–H groups in total. The molecule has 0 spiro atoms. The number of nitrogens with one attached hydrogen (secondary N) is 2. The van der Waals surface area contributed by atoms with E-state index in [4.69, 9.17) is 9.47 Å². The van der Waals surface area contributed by atoms with Crippen LogP contribution in [0.15, 0.2) is 0 Å². The summed E-state index contributed by atoms with van der Waals surface area (Å²) in [6, 6.07) is -0.0726. The monoisotopic (exact) mass is 257 g/mol. The summed E-state index contributed by atoms with van der Waals surface area (Å²) < 4.78 is 10.8. The number of nitrogens with zero attached hydrogens (tertiary/aromatic N) is 1. The van der Waals surface area contributed by atoms with E-state index in [0.717, 1.165) is 26.2 Å². The average molecular weight is 257 g/mol. The Morgan fingerprint density at radius 3 is 2.89 bits per heavy atom. The number of piperazine rings is 1. The molecule has 2 rings (SSSR count). The van der Waals surface area contributed by atoms with Gasteiger partial charge in [-0.1, -0.05) is 0 Å². The van der Waals surface area contributed by atoms with E-state index in [1.807, 2.05) is 6.92 Å². The van der Waals surface area contributed by atoms with E-state index in [0.29, 0.717) is 26.4 Å². The summed E-state index contributed by atoms with van der Waals surface area (Å²) in [4.78, 5) is 14.2. The number of amides is 1. The van der Waals surface area contributed by atoms with Gasteiger partial charge in [-0.25, -0.2) is 0 Å². The lowest BCUT2D eigenvalue weighted by atomic mass is 10.2. The van der Waals surface area contributed by atoms with E-state index in [1.165, 1.54) is 0 Å². The highest BCUT2D eigenvalue weighted by atomic mass is 16.6. The van der Waals surface area contributed by atoms with Crippen molar-refractivity contribution in [3.63, 3.8) is 0 Å². The Bertz CT molecular complexity index is 263. The molecule has 18 heavy (non-hydrogen) atoms. The Hall–Kier alpha value is -0.690. The molecular formula is C12H23N3O3. The molecule has 2 heterocycles. The van der Waals surface area contributed by atoms with Crippen LogP contribution >= 0.6 is 0 Å². The third kappa shape index (κ3) is 3.91. The molecule has 1 amide bonds. The third-order valence-corrected chi connectivity index (χ3v) is 3.47. The quantitative estimate of drug-likeness (QED) is 0.663. The van der Waals surface area contributed by atoms with Crippen molar-refractivity contribution in [1.29, 1.82) is 0 Å². The largest absolute Gasteiger partial charge is 0.376 e. The van der Waals surface area contributed by atoms with Crippen molar-refractivity contribution < 1.29 is 14.3 Å². The molecule has 0 radical (unpaired) electrons. The maximum atomic E-state index is 12.0. The summed E-state index contributed by atoms with van der Waals surface area (Å²) in [5.41, 5.74) is 0. The lowest BCUT2D eigenvalue weighted by molar-refractivity contribution is -0.128. The van der Waals surface area contributed by atoms with Gasteiger partial charge < -0.3 is 20.1 Å². The summed E-state index contributed by atoms with van der Waals surface area (Å²) in [7, 11) is 0. The van der Waals surface area contributed by atoms with Crippen molar-refractivity contribution in [1.82, 2.24) is 15.5 Å². The molecule has 2 saturated heterocycles. The zero-order valence-corrected chi connectivity index (χ0v) is 11.0. The predicted octanol–water partition coefficient (Wildman–Crippen LogP) is -1.19. The van der Waals surface area contributed by atoms with Crippen LogP contribution in [0.2, 0.25) is 0 Å². The molecule has 104 valence electrons. The maximum Gasteiger partial charge on any atom is 0.237 e. The van der Waals surface area contributed by atoms with Crippen molar-refractivity contribution in [2.45, 2.75) is 19.1 Å². The second-order valence-electron chi connectivity index (χ2n) is 4.77. The Morgan fingerprint density at radius 2 is 2.22 bits per heavy atom. The Morgan fingerprint density at radius 1 is 1.44 bits per heavy atom. The molecular weight excluding hydrogens is 234 g/mol. The molecule has 0 bridgehead atoms. The number of ether oxygens (including phenoxy) is 2. The molecule has 2 atom stereocenters. The van der Waals surface area contributed by atoms with Crippen molar-refractivity contribution in [2.75, 3.05) is 52.5 Å². The molecule has 0 aliphatic carbocycles. The molecule has 2 fully saturated rings. The van der Waals surface area contributed by atoms with Crippen LogP contribution in [0.25, 0.3) is 0 Å². The van der Waals surface area contributed by atoms with E-state index >= 15 is 0 Å². The van der Waals surface area contributed by atoms with Gasteiger partial charge in [-0.05, 0) is 6.92 Å². The number of carbonyl (C=O) groups is 1. The molecule has 6 heteroatoms. The molecule has 0 saturated carbocycles. The third-order valence-electron chi connectivity index (χ3n) is 3.47. The molecule has 2 unspecified atom stereocenters. The first-order valence-corrected chi connectivity index (χ1v) is 6.69. The lowest BCUT2D eigenvalue weighted by Crippen LogP contribution is -2.53. The zero-order chi connectivity index (χ0) is 12.8. The summed E-state index contributed by atoms with van der Waals surface area (Å²) >= 11 is 0. The van der Waals surface area contributed by atoms with Gasteiger partial charge in [-0.3, -0.25) is 9.69 Å². The number of hydrogen-bond donors (Lipinski definition) is 2. The van der Waals surface area contributed by atoms with Crippen molar-refractivity contribution in [2.24, 2.45) is 0 Å². The van der Waals surface area contributed by atoms with Crippen molar-refractivity contribution in [3.8, 4) is 0 Å². The fourth-order valence-corrected chi connectivity index (χ4v) is 2.25. The van der Waals surface area contributed by atoms with Crippen LogP contribution in [0, 0.1) is 0 Å². The summed E-state index contributed by atoms with van der Waals surface area (Å²) in [5, 5.41) is 6.23. The van der Waals surface area contributed by atoms with Gasteiger partial charge in [0.1, 0.15) is 0 Å². The summed E-state index contributed by atoms with van der Waals surface area (Å²) in [6.45, 7) is 8.11. The van der Waals surface area contributed by atoms with E-state index in [-0.39, 0.29) is 18.1 Å². The minimum absolute atomic E-state index is 0.00192. The minimum Gasteiger partial charge on any atom is -0.376 e. The van der Waals surface area contributed by atoms with Crippen molar-refractivity contribution in [3.05, 3.63) is 0 Å². The lowest BCUT2D eigenvalue weighted by Gasteiger charge is -2.32. The van der Waals surface area contributed by atoms with Crippen LogP contribution in [-0.4, -0.2) is 75.5 Å². The number of carbonyl (C=O) groups excluding carboxylic acids is 1. The SMILES string of the molecule is CC(C(=O)NCC1COCCO1)N1CCNCC1. The van der Waals surface area contributed by atoms with Gasteiger partial charge in [-0.2, -0.15) is 0 Å². The standard InChI is InChI=1S/C12H23N3O3/c1-10(15-4-2-13-3-5-15)12(16)14-8-11-9-17-6-7-18-11/h10-11,13H,2-9H2,1H3,(H,14,16). The smallest absolute Gasteiger partial charge is 0.237 e. The summed E-state index contributed by atoms with van der Waals surface area (Å²) in [6.07, 6.45) is -0.00192. The Labute approximate surface area is 108 Å². The molecule has 2 aliphatic rings. The topological polar surface area (TPSA) is 62.8 Å². The highest BCUT2D eigenvalue weighted by Gasteiger charge is 2.23. The molecule has 2 aliphatic heterocycles. The van der Waals surface area contributed by atoms with Gasteiger partial charge in [0.05, 0.1) is 32.0 Å². The second kappa shape index (κ2) is 7.04. The first kappa shape index (κ1) is 13.7. The molecule has 0 aromatic carbocycles. The Balaban J connectivity index is 1.69. The Kier molecular flexibility index (Phi) is 5.37. The van der Waals surface area contributed by atoms with Crippen LogP contribution in [-0.2, 0) is 14.3 Å². The minimum atomic E-state index is -0.0726. The van der Waals surface area contributed by atoms with E-state index in [9.17, 15) is 4.79 Å². The van der Waals surface area contributed by atoms with Gasteiger partial charge in [0.25, 0.3) is 0 Å². The van der Waals surface area contributed by atoms with Gasteiger partial charge >= 0.3 is 0 Å². The van der Waals surface area contributed by atoms with Gasteiger partial charge in [0.15, 0.2) is 0 Å². The van der Waals surface area contributed by atoms with E-state index in [2.05, 4.69) is 15.5 Å². The molecule has 0 aromatic rings. The second-order valence-corrected chi connectivity index (χ2v) is 4.77. The van der Waals surface area contributed by atoms with Crippen LogP contribution in [0.4, 0.5) is 0 Å². The van der Waals surface area contributed by atoms with Gasteiger partial charge in [-0.15, -0.1) is 0 Å². The predicted molar refractivity (Wildman–Crippen MR) is 67.5 cm³/mol. The number of hydrogen-bond acceptors (Lipinski definition) is 5. The first-order chi connectivity index (χ1) is 8.77. The van der Waals surface area contributed by atoms with Crippen LogP contribution < -0.4 is 10.6 Å². The highest BCUT2D eigenvalue weighted by molar-refractivity contribution is 5.81. The summed E-state index contributed by atoms with van der Waals surface area (Å²) in [5.74, 6) is 0.0751. The first-order valence-electron chi connectivity index (χ1n) is 6.69. The van der Waals surface area contributed by atoms with Gasteiger partial charge in [0.2, 0.25) is 5.91 Å². The fraction of sp³-hybridized carbons (Fsp3) is 0.917. The number of rotatable bonds is 4. The van der Waals surface area contributed by atoms with E-state index in [1.54, 1.807) is 0 Å². The average Bonchev–Trinajstić information content (AvgIpc) is 2.46. The van der Waals surface area contributed by atoms with Crippen LogP contribution in [0.1, 0.15) is 6.92 Å². The normalized spacial score (nSPS) is 27.7.